The number of rotatable bonds is 4. The van der Waals surface area contributed by atoms with Gasteiger partial charge >= 0.3 is 0 Å². The number of nitrogens with one attached hydrogen (secondary N) is 1. The van der Waals surface area contributed by atoms with Crippen LogP contribution in [0, 0.1) is 23.7 Å². The van der Waals surface area contributed by atoms with Crippen molar-refractivity contribution in [1.82, 2.24) is 15.1 Å². The highest BCUT2D eigenvalue weighted by Gasteiger charge is 2.51. The summed E-state index contributed by atoms with van der Waals surface area (Å²) >= 11 is 5.88. The molecule has 0 spiro atoms. The molecule has 4 saturated carbocycles. The monoisotopic (exact) mass is 321 g/mol. The van der Waals surface area contributed by atoms with Crippen molar-refractivity contribution in [2.75, 3.05) is 0 Å². The van der Waals surface area contributed by atoms with Crippen LogP contribution in [0.1, 0.15) is 45.4 Å². The highest BCUT2D eigenvalue weighted by molar-refractivity contribution is 6.30. The van der Waals surface area contributed by atoms with Gasteiger partial charge in [-0.05, 0) is 56.3 Å². The van der Waals surface area contributed by atoms with E-state index >= 15 is 0 Å². The van der Waals surface area contributed by atoms with Crippen molar-refractivity contribution in [3.8, 4) is 0 Å². The van der Waals surface area contributed by atoms with Crippen LogP contribution in [0.4, 0.5) is 0 Å². The number of carbonyl (C=O) groups is 1. The Balaban J connectivity index is 1.41. The van der Waals surface area contributed by atoms with Gasteiger partial charge in [0.05, 0.1) is 23.7 Å². The van der Waals surface area contributed by atoms with Crippen molar-refractivity contribution in [3.05, 3.63) is 17.4 Å². The van der Waals surface area contributed by atoms with Gasteiger partial charge in [0, 0.05) is 11.7 Å². The average Bonchev–Trinajstić information content (AvgIpc) is 2.81. The number of carbonyl (C=O) groups excluding carboxylic acids is 1. The minimum Gasteiger partial charge on any atom is -0.350 e. The summed E-state index contributed by atoms with van der Waals surface area (Å²) in [6, 6.07) is 0. The molecule has 0 radical (unpaired) electrons. The lowest BCUT2D eigenvalue weighted by molar-refractivity contribution is -0.130. The molecule has 0 aromatic carbocycles. The predicted molar refractivity (Wildman–Crippen MR) is 85.4 cm³/mol. The number of aromatic nitrogens is 2. The zero-order valence-electron chi connectivity index (χ0n) is 13.1. The quantitative estimate of drug-likeness (QED) is 0.925. The molecule has 4 aliphatic rings. The van der Waals surface area contributed by atoms with Crippen LogP contribution in [-0.2, 0) is 11.3 Å². The molecule has 22 heavy (non-hydrogen) atoms. The number of halogens is 1. The summed E-state index contributed by atoms with van der Waals surface area (Å²) in [7, 11) is 0. The molecule has 4 fully saturated rings. The highest BCUT2D eigenvalue weighted by atomic mass is 35.5. The molecule has 120 valence electrons. The van der Waals surface area contributed by atoms with Gasteiger partial charge in [-0.1, -0.05) is 18.5 Å². The summed E-state index contributed by atoms with van der Waals surface area (Å²) in [4.78, 5) is 12.7. The first-order chi connectivity index (χ1) is 10.5. The lowest BCUT2D eigenvalue weighted by Gasteiger charge is -2.57. The van der Waals surface area contributed by atoms with E-state index in [4.69, 9.17) is 11.6 Å². The molecule has 0 saturated heterocycles. The lowest BCUT2D eigenvalue weighted by Crippen LogP contribution is -2.60. The number of amides is 1. The van der Waals surface area contributed by atoms with Crippen molar-refractivity contribution < 1.29 is 4.79 Å². The smallest absolute Gasteiger partial charge is 0.225 e. The SMILES string of the molecule is CC(Cn1cc(Cl)cn1)C(=O)NC12CC3CC(CC(C3)C1)C2. The zero-order valence-corrected chi connectivity index (χ0v) is 13.9. The molecule has 1 aromatic heterocycles. The number of hydrogen-bond acceptors (Lipinski definition) is 2. The Bertz CT molecular complexity index is 547. The van der Waals surface area contributed by atoms with Crippen LogP contribution >= 0.6 is 11.6 Å². The van der Waals surface area contributed by atoms with Gasteiger partial charge in [0.1, 0.15) is 0 Å². The third-order valence-corrected chi connectivity index (χ3v) is 6.13. The first-order valence-electron chi connectivity index (χ1n) is 8.51. The topological polar surface area (TPSA) is 46.9 Å². The van der Waals surface area contributed by atoms with Crippen LogP contribution in [0.5, 0.6) is 0 Å². The normalized spacial score (nSPS) is 37.3. The molecule has 5 rings (SSSR count). The minimum atomic E-state index is -0.0797. The van der Waals surface area contributed by atoms with Crippen molar-refractivity contribution in [2.24, 2.45) is 23.7 Å². The summed E-state index contributed by atoms with van der Waals surface area (Å²) in [6.07, 6.45) is 11.2. The molecule has 1 unspecified atom stereocenters. The maximum absolute atomic E-state index is 12.7. The fourth-order valence-electron chi connectivity index (χ4n) is 5.45. The van der Waals surface area contributed by atoms with E-state index in [1.54, 1.807) is 17.1 Å². The van der Waals surface area contributed by atoms with Crippen LogP contribution in [0.3, 0.4) is 0 Å². The highest BCUT2D eigenvalue weighted by Crippen LogP contribution is 2.55. The molecule has 1 heterocycles. The van der Waals surface area contributed by atoms with Crippen LogP contribution in [0.25, 0.3) is 0 Å². The van der Waals surface area contributed by atoms with Crippen LogP contribution < -0.4 is 5.32 Å². The van der Waals surface area contributed by atoms with Gasteiger partial charge in [0.2, 0.25) is 5.91 Å². The second-order valence-electron chi connectivity index (χ2n) is 7.97. The standard InChI is InChI=1S/C17H24ClN3O/c1-11(9-21-10-15(18)8-19-21)16(22)20-17-5-12-2-13(6-17)4-14(3-12)7-17/h8,10-14H,2-7,9H2,1H3,(H,20,22). The molecule has 1 aromatic rings. The average molecular weight is 322 g/mol. The minimum absolute atomic E-state index is 0.0797. The molecule has 1 atom stereocenters. The Morgan fingerprint density at radius 2 is 1.95 bits per heavy atom. The van der Waals surface area contributed by atoms with Gasteiger partial charge in [0.15, 0.2) is 0 Å². The summed E-state index contributed by atoms with van der Waals surface area (Å²) < 4.78 is 1.76. The summed E-state index contributed by atoms with van der Waals surface area (Å²) in [6.45, 7) is 2.57. The summed E-state index contributed by atoms with van der Waals surface area (Å²) in [5.74, 6) is 2.66. The maximum atomic E-state index is 12.7. The molecule has 1 N–H and O–H groups in total. The van der Waals surface area contributed by atoms with Gasteiger partial charge < -0.3 is 5.32 Å². The maximum Gasteiger partial charge on any atom is 0.225 e. The fourth-order valence-corrected chi connectivity index (χ4v) is 5.61. The van der Waals surface area contributed by atoms with E-state index in [0.29, 0.717) is 11.6 Å². The number of hydrogen-bond donors (Lipinski definition) is 1. The second kappa shape index (κ2) is 5.26. The molecular weight excluding hydrogens is 298 g/mol. The van der Waals surface area contributed by atoms with Crippen LogP contribution in [0.15, 0.2) is 12.4 Å². The van der Waals surface area contributed by atoms with E-state index in [9.17, 15) is 4.79 Å². The molecule has 4 aliphatic carbocycles. The Labute approximate surface area is 136 Å². The molecule has 5 heteroatoms. The molecule has 4 nitrogen and oxygen atoms in total. The fraction of sp³-hybridized carbons (Fsp3) is 0.765. The molecular formula is C17H24ClN3O. The predicted octanol–water partition coefficient (Wildman–Crippen LogP) is 3.26. The molecule has 4 bridgehead atoms. The van der Waals surface area contributed by atoms with E-state index in [1.165, 1.54) is 38.5 Å². The Kier molecular flexibility index (Phi) is 3.48. The van der Waals surface area contributed by atoms with E-state index in [0.717, 1.165) is 17.8 Å². The van der Waals surface area contributed by atoms with Gasteiger partial charge in [-0.25, -0.2) is 0 Å². The zero-order chi connectivity index (χ0) is 15.3. The van der Waals surface area contributed by atoms with Crippen molar-refractivity contribution in [3.63, 3.8) is 0 Å². The Hall–Kier alpha value is -1.03. The van der Waals surface area contributed by atoms with Crippen molar-refractivity contribution in [2.45, 2.75) is 57.5 Å². The van der Waals surface area contributed by atoms with Crippen LogP contribution in [-0.4, -0.2) is 21.2 Å². The molecule has 1 amide bonds. The van der Waals surface area contributed by atoms with Gasteiger partial charge in [0.25, 0.3) is 0 Å². The summed E-state index contributed by atoms with van der Waals surface area (Å²) in [5.41, 5.74) is 0.0991. The van der Waals surface area contributed by atoms with Crippen molar-refractivity contribution >= 4 is 17.5 Å². The third kappa shape index (κ3) is 2.66. The van der Waals surface area contributed by atoms with Gasteiger partial charge in [-0.2, -0.15) is 5.10 Å². The summed E-state index contributed by atoms with van der Waals surface area (Å²) in [5, 5.41) is 8.23. The second-order valence-corrected chi connectivity index (χ2v) is 8.41. The van der Waals surface area contributed by atoms with Crippen LogP contribution in [0.2, 0.25) is 5.02 Å². The first kappa shape index (κ1) is 14.6. The van der Waals surface area contributed by atoms with Gasteiger partial charge in [-0.15, -0.1) is 0 Å². The van der Waals surface area contributed by atoms with Crippen molar-refractivity contribution in [1.29, 1.82) is 0 Å². The van der Waals surface area contributed by atoms with E-state index < -0.39 is 0 Å². The van der Waals surface area contributed by atoms with E-state index in [2.05, 4.69) is 10.4 Å². The Morgan fingerprint density at radius 1 is 1.36 bits per heavy atom. The first-order valence-corrected chi connectivity index (χ1v) is 8.89. The molecule has 0 aliphatic heterocycles. The van der Waals surface area contributed by atoms with Gasteiger partial charge in [-0.3, -0.25) is 9.48 Å². The third-order valence-electron chi connectivity index (χ3n) is 5.94. The Morgan fingerprint density at radius 3 is 2.45 bits per heavy atom. The number of nitrogens with zero attached hydrogens (tertiary/aromatic N) is 2. The lowest BCUT2D eigenvalue weighted by atomic mass is 9.53. The van der Waals surface area contributed by atoms with E-state index in [1.807, 2.05) is 6.92 Å². The largest absolute Gasteiger partial charge is 0.350 e. The van der Waals surface area contributed by atoms with E-state index in [-0.39, 0.29) is 17.4 Å².